The second kappa shape index (κ2) is 7.86. The molecule has 3 aromatic heterocycles. The standard InChI is InChI=1S/C25H28N4OS2/c1-25(2,3)14-8-9-15-17(12-26)24(31-19(15)11-14)29-22(30)21-20(27)16-10-13-6-4-5-7-18(13)28-23(16)32-21/h10,14H,4-9,11,27H2,1-3H3,(H,29,30). The lowest BCUT2D eigenvalue weighted by atomic mass is 9.72. The highest BCUT2D eigenvalue weighted by Crippen LogP contribution is 2.44. The number of aromatic nitrogens is 1. The van der Waals surface area contributed by atoms with E-state index in [9.17, 15) is 10.1 Å². The first-order chi connectivity index (χ1) is 15.3. The minimum absolute atomic E-state index is 0.232. The van der Waals surface area contributed by atoms with Gasteiger partial charge in [0.25, 0.3) is 5.91 Å². The van der Waals surface area contributed by atoms with Crippen molar-refractivity contribution < 1.29 is 4.79 Å². The maximum atomic E-state index is 13.2. The van der Waals surface area contributed by atoms with Gasteiger partial charge in [-0.15, -0.1) is 22.7 Å². The fraction of sp³-hybridized carbons (Fsp3) is 0.480. The van der Waals surface area contributed by atoms with Crippen LogP contribution in [0.4, 0.5) is 10.7 Å². The van der Waals surface area contributed by atoms with Crippen molar-refractivity contribution in [2.45, 2.75) is 65.7 Å². The monoisotopic (exact) mass is 464 g/mol. The molecule has 0 aliphatic heterocycles. The van der Waals surface area contributed by atoms with Crippen molar-refractivity contribution >= 4 is 49.5 Å². The summed E-state index contributed by atoms with van der Waals surface area (Å²) in [5.41, 5.74) is 11.3. The number of hydrogen-bond acceptors (Lipinski definition) is 6. The maximum absolute atomic E-state index is 13.2. The van der Waals surface area contributed by atoms with Crippen molar-refractivity contribution in [3.63, 3.8) is 0 Å². The Bertz CT molecular complexity index is 1270. The van der Waals surface area contributed by atoms with E-state index in [0.717, 1.165) is 60.0 Å². The number of nitriles is 1. The number of nitrogens with zero attached hydrogens (tertiary/aromatic N) is 2. The quantitative estimate of drug-likeness (QED) is 0.480. The second-order valence-electron chi connectivity index (χ2n) is 10.1. The first-order valence-electron chi connectivity index (χ1n) is 11.3. The number of pyridine rings is 1. The van der Waals surface area contributed by atoms with Crippen LogP contribution in [0.1, 0.15) is 77.0 Å². The lowest BCUT2D eigenvalue weighted by molar-refractivity contribution is 0.103. The van der Waals surface area contributed by atoms with Gasteiger partial charge in [0.15, 0.2) is 0 Å². The first kappa shape index (κ1) is 21.4. The molecule has 1 unspecified atom stereocenters. The molecule has 7 heteroatoms. The van der Waals surface area contributed by atoms with Crippen LogP contribution in [0.5, 0.6) is 0 Å². The minimum Gasteiger partial charge on any atom is -0.397 e. The summed E-state index contributed by atoms with van der Waals surface area (Å²) in [7, 11) is 0. The molecule has 166 valence electrons. The third kappa shape index (κ3) is 3.60. The van der Waals surface area contributed by atoms with E-state index in [4.69, 9.17) is 10.7 Å². The summed E-state index contributed by atoms with van der Waals surface area (Å²) in [6, 6.07) is 4.47. The third-order valence-electron chi connectivity index (χ3n) is 7.03. The van der Waals surface area contributed by atoms with Crippen LogP contribution in [0.3, 0.4) is 0 Å². The smallest absolute Gasteiger partial charge is 0.268 e. The minimum atomic E-state index is -0.244. The van der Waals surface area contributed by atoms with Crippen LogP contribution in [-0.2, 0) is 25.7 Å². The predicted molar refractivity (Wildman–Crippen MR) is 133 cm³/mol. The number of nitrogens with one attached hydrogen (secondary N) is 1. The summed E-state index contributed by atoms with van der Waals surface area (Å²) in [6.07, 6.45) is 7.29. The zero-order chi connectivity index (χ0) is 22.6. The zero-order valence-electron chi connectivity index (χ0n) is 18.8. The molecular formula is C25H28N4OS2. The summed E-state index contributed by atoms with van der Waals surface area (Å²) >= 11 is 2.91. The van der Waals surface area contributed by atoms with Crippen LogP contribution in [0.25, 0.3) is 10.2 Å². The second-order valence-corrected chi connectivity index (χ2v) is 12.2. The van der Waals surface area contributed by atoms with Gasteiger partial charge in [0.2, 0.25) is 0 Å². The molecule has 5 nitrogen and oxygen atoms in total. The number of hydrogen-bond donors (Lipinski definition) is 2. The Morgan fingerprint density at radius 1 is 1.25 bits per heavy atom. The molecule has 0 saturated heterocycles. The number of fused-ring (bicyclic) bond motifs is 3. The summed E-state index contributed by atoms with van der Waals surface area (Å²) in [6.45, 7) is 6.83. The Labute approximate surface area is 196 Å². The molecule has 0 saturated carbocycles. The van der Waals surface area contributed by atoms with Gasteiger partial charge in [-0.2, -0.15) is 5.26 Å². The van der Waals surface area contributed by atoms with E-state index in [1.807, 2.05) is 0 Å². The number of rotatable bonds is 2. The highest BCUT2D eigenvalue weighted by molar-refractivity contribution is 7.21. The van der Waals surface area contributed by atoms with Gasteiger partial charge in [0.1, 0.15) is 20.8 Å². The van der Waals surface area contributed by atoms with E-state index in [1.54, 1.807) is 11.3 Å². The van der Waals surface area contributed by atoms with Crippen LogP contribution >= 0.6 is 22.7 Å². The number of amides is 1. The molecule has 5 rings (SSSR count). The SMILES string of the molecule is CC(C)(C)C1CCc2c(sc(NC(=O)c3sc4nc5c(cc4c3N)CCCC5)c2C#N)C1. The van der Waals surface area contributed by atoms with Crippen LogP contribution in [0, 0.1) is 22.7 Å². The predicted octanol–water partition coefficient (Wildman–Crippen LogP) is 6.09. The molecule has 3 aromatic rings. The third-order valence-corrected chi connectivity index (χ3v) is 9.32. The normalized spacial score (nSPS) is 18.1. The van der Waals surface area contributed by atoms with E-state index in [1.165, 1.54) is 28.2 Å². The van der Waals surface area contributed by atoms with Crippen molar-refractivity contribution in [2.24, 2.45) is 11.3 Å². The molecule has 1 amide bonds. The maximum Gasteiger partial charge on any atom is 0.268 e. The fourth-order valence-electron chi connectivity index (χ4n) is 5.02. The van der Waals surface area contributed by atoms with Gasteiger partial charge in [-0.1, -0.05) is 20.8 Å². The number of carbonyl (C=O) groups is 1. The van der Waals surface area contributed by atoms with E-state index < -0.39 is 0 Å². The summed E-state index contributed by atoms with van der Waals surface area (Å²) in [5.74, 6) is 0.338. The van der Waals surface area contributed by atoms with E-state index in [0.29, 0.717) is 27.0 Å². The Hall–Kier alpha value is -2.43. The van der Waals surface area contributed by atoms with Gasteiger partial charge in [-0.25, -0.2) is 4.98 Å². The van der Waals surface area contributed by atoms with Gasteiger partial charge in [0, 0.05) is 16.0 Å². The van der Waals surface area contributed by atoms with Crippen LogP contribution in [0.15, 0.2) is 6.07 Å². The van der Waals surface area contributed by atoms with E-state index in [-0.39, 0.29) is 11.3 Å². The van der Waals surface area contributed by atoms with Gasteiger partial charge in [0.05, 0.1) is 11.3 Å². The lowest BCUT2D eigenvalue weighted by Gasteiger charge is -2.33. The Balaban J connectivity index is 1.46. The first-order valence-corrected chi connectivity index (χ1v) is 13.0. The average molecular weight is 465 g/mol. The summed E-state index contributed by atoms with van der Waals surface area (Å²) < 4.78 is 0. The topological polar surface area (TPSA) is 91.8 Å². The zero-order valence-corrected chi connectivity index (χ0v) is 20.4. The molecule has 32 heavy (non-hydrogen) atoms. The van der Waals surface area contributed by atoms with Crippen molar-refractivity contribution in [1.29, 1.82) is 5.26 Å². The molecule has 2 aliphatic carbocycles. The average Bonchev–Trinajstić information content (AvgIpc) is 3.27. The number of thiophene rings is 2. The van der Waals surface area contributed by atoms with Crippen molar-refractivity contribution in [3.05, 3.63) is 38.2 Å². The molecule has 1 atom stereocenters. The van der Waals surface area contributed by atoms with Crippen molar-refractivity contribution in [2.75, 3.05) is 11.1 Å². The number of aryl methyl sites for hydroxylation is 2. The van der Waals surface area contributed by atoms with Gasteiger partial charge in [-0.3, -0.25) is 4.79 Å². The number of nitrogen functional groups attached to an aromatic ring is 1. The van der Waals surface area contributed by atoms with Gasteiger partial charge >= 0.3 is 0 Å². The highest BCUT2D eigenvalue weighted by Gasteiger charge is 2.32. The molecule has 0 spiro atoms. The highest BCUT2D eigenvalue weighted by atomic mass is 32.1. The number of nitrogens with two attached hydrogens (primary N) is 1. The van der Waals surface area contributed by atoms with Crippen LogP contribution < -0.4 is 11.1 Å². The fourth-order valence-corrected chi connectivity index (χ4v) is 7.28. The molecule has 3 heterocycles. The van der Waals surface area contributed by atoms with Gasteiger partial charge < -0.3 is 11.1 Å². The number of carbonyl (C=O) groups excluding carboxylic acids is 1. The van der Waals surface area contributed by atoms with Crippen molar-refractivity contribution in [1.82, 2.24) is 4.98 Å². The largest absolute Gasteiger partial charge is 0.397 e. The number of anilines is 2. The van der Waals surface area contributed by atoms with Crippen LogP contribution in [-0.4, -0.2) is 10.9 Å². The summed E-state index contributed by atoms with van der Waals surface area (Å²) in [4.78, 5) is 20.6. The van der Waals surface area contributed by atoms with Gasteiger partial charge in [-0.05, 0) is 73.5 Å². The molecule has 0 fully saturated rings. The molecular weight excluding hydrogens is 436 g/mol. The van der Waals surface area contributed by atoms with Crippen molar-refractivity contribution in [3.8, 4) is 6.07 Å². The van der Waals surface area contributed by atoms with E-state index in [2.05, 4.69) is 38.2 Å². The Morgan fingerprint density at radius 2 is 2.03 bits per heavy atom. The summed E-state index contributed by atoms with van der Waals surface area (Å²) in [5, 5.41) is 14.4. The lowest BCUT2D eigenvalue weighted by Crippen LogP contribution is -2.26. The Morgan fingerprint density at radius 3 is 2.78 bits per heavy atom. The molecule has 0 bridgehead atoms. The van der Waals surface area contributed by atoms with Crippen LogP contribution in [0.2, 0.25) is 0 Å². The molecule has 0 aromatic carbocycles. The molecule has 3 N–H and O–H groups in total. The Kier molecular flexibility index (Phi) is 5.26. The molecule has 0 radical (unpaired) electrons. The molecule has 2 aliphatic rings. The van der Waals surface area contributed by atoms with E-state index >= 15 is 0 Å².